The zero-order chi connectivity index (χ0) is 28.9. The molecule has 0 saturated heterocycles. The second-order valence-electron chi connectivity index (χ2n) is 9.38. The minimum absolute atomic E-state index is 0.315. The Kier molecular flexibility index (Phi) is 8.93. The molecule has 11 heteroatoms. The van der Waals surface area contributed by atoms with Crippen LogP contribution in [0.1, 0.15) is 30.5 Å². The summed E-state index contributed by atoms with van der Waals surface area (Å²) in [7, 11) is 0. The smallest absolute Gasteiger partial charge is 0.250 e. The average Bonchev–Trinajstić information content (AvgIpc) is 3.30. The first kappa shape index (κ1) is 28.7. The predicted octanol–water partition coefficient (Wildman–Crippen LogP) is 8.18. The van der Waals surface area contributed by atoms with Crippen molar-refractivity contribution in [1.82, 2.24) is 19.5 Å². The van der Waals surface area contributed by atoms with Crippen molar-refractivity contribution in [2.24, 2.45) is 5.10 Å². The number of aromatic nitrogens is 4. The van der Waals surface area contributed by atoms with Crippen LogP contribution in [0.5, 0.6) is 0 Å². The number of hydrazone groups is 1. The Hall–Kier alpha value is -3.85. The first-order valence-corrected chi connectivity index (χ1v) is 14.3. The standard InChI is InChI=1S/C30H29Cl3N8/c1-4-40(5-2)30-37-28(35-23-13-10-19(3)25(32)15-23)36-29(38-30)39-34-16-21-18-41(27-9-7-6-8-24(21)27)17-20-11-12-22(31)14-26(20)33/h6-16,18H,4-5,17H2,1-3H3,(H2,35,36,37,38,39)/b34-16+. The van der Waals surface area contributed by atoms with Crippen molar-refractivity contribution in [2.75, 3.05) is 28.7 Å². The van der Waals surface area contributed by atoms with Crippen LogP contribution in [-0.4, -0.2) is 38.8 Å². The number of hydrogen-bond acceptors (Lipinski definition) is 7. The van der Waals surface area contributed by atoms with Crippen LogP contribution in [0.4, 0.5) is 23.5 Å². The summed E-state index contributed by atoms with van der Waals surface area (Å²) in [5.41, 5.74) is 7.73. The van der Waals surface area contributed by atoms with Crippen molar-refractivity contribution in [3.63, 3.8) is 0 Å². The lowest BCUT2D eigenvalue weighted by Gasteiger charge is -2.19. The number of halogens is 3. The average molecular weight is 608 g/mol. The van der Waals surface area contributed by atoms with Crippen LogP contribution in [0.3, 0.4) is 0 Å². The number of anilines is 4. The summed E-state index contributed by atoms with van der Waals surface area (Å²) in [6.45, 7) is 8.15. The first-order chi connectivity index (χ1) is 19.8. The Morgan fingerprint density at radius 3 is 2.44 bits per heavy atom. The van der Waals surface area contributed by atoms with Gasteiger partial charge in [0.2, 0.25) is 17.8 Å². The van der Waals surface area contributed by atoms with Gasteiger partial charge in [0.1, 0.15) is 0 Å². The molecule has 2 N–H and O–H groups in total. The topological polar surface area (TPSA) is 83.3 Å². The number of fused-ring (bicyclic) bond motifs is 1. The first-order valence-electron chi connectivity index (χ1n) is 13.2. The number of nitrogens with zero attached hydrogens (tertiary/aromatic N) is 6. The number of benzene rings is 3. The number of rotatable bonds is 10. The third-order valence-corrected chi connectivity index (χ3v) is 7.64. The van der Waals surface area contributed by atoms with Crippen LogP contribution in [0.15, 0.2) is 72.0 Å². The molecule has 0 fully saturated rings. The Balaban J connectivity index is 1.42. The largest absolute Gasteiger partial charge is 0.342 e. The molecule has 0 atom stereocenters. The van der Waals surface area contributed by atoms with Crippen LogP contribution in [-0.2, 0) is 6.54 Å². The molecule has 3 aromatic carbocycles. The van der Waals surface area contributed by atoms with Crippen molar-refractivity contribution in [1.29, 1.82) is 0 Å². The summed E-state index contributed by atoms with van der Waals surface area (Å²) in [6.07, 6.45) is 3.81. The Morgan fingerprint density at radius 2 is 1.68 bits per heavy atom. The highest BCUT2D eigenvalue weighted by atomic mass is 35.5. The highest BCUT2D eigenvalue weighted by Crippen LogP contribution is 2.26. The van der Waals surface area contributed by atoms with E-state index >= 15 is 0 Å². The van der Waals surface area contributed by atoms with Gasteiger partial charge in [-0.05, 0) is 62.2 Å². The second kappa shape index (κ2) is 12.8. The molecule has 0 aliphatic rings. The zero-order valence-corrected chi connectivity index (χ0v) is 25.1. The molecule has 210 valence electrons. The lowest BCUT2D eigenvalue weighted by molar-refractivity contribution is 0.814. The van der Waals surface area contributed by atoms with Crippen LogP contribution in [0.25, 0.3) is 10.9 Å². The van der Waals surface area contributed by atoms with Gasteiger partial charge in [0.05, 0.1) is 6.21 Å². The molecule has 5 aromatic rings. The van der Waals surface area contributed by atoms with Crippen LogP contribution >= 0.6 is 34.8 Å². The van der Waals surface area contributed by atoms with E-state index in [4.69, 9.17) is 34.8 Å². The van der Waals surface area contributed by atoms with E-state index in [1.165, 1.54) is 0 Å². The van der Waals surface area contributed by atoms with Gasteiger partial charge < -0.3 is 14.8 Å². The third kappa shape index (κ3) is 6.73. The Morgan fingerprint density at radius 1 is 0.902 bits per heavy atom. The monoisotopic (exact) mass is 606 g/mol. The molecule has 0 spiro atoms. The molecule has 0 aliphatic carbocycles. The lowest BCUT2D eigenvalue weighted by atomic mass is 10.2. The van der Waals surface area contributed by atoms with Gasteiger partial charge in [-0.15, -0.1) is 0 Å². The summed E-state index contributed by atoms with van der Waals surface area (Å²) in [5.74, 6) is 1.24. The number of aryl methyl sites for hydroxylation is 1. The highest BCUT2D eigenvalue weighted by Gasteiger charge is 2.13. The highest BCUT2D eigenvalue weighted by molar-refractivity contribution is 6.35. The van der Waals surface area contributed by atoms with E-state index in [-0.39, 0.29) is 0 Å². The fraction of sp³-hybridized carbons (Fsp3) is 0.200. The van der Waals surface area contributed by atoms with Gasteiger partial charge in [0.25, 0.3) is 0 Å². The van der Waals surface area contributed by atoms with Crippen molar-refractivity contribution in [3.05, 3.63) is 98.6 Å². The maximum atomic E-state index is 6.45. The maximum absolute atomic E-state index is 6.45. The van der Waals surface area contributed by atoms with Gasteiger partial charge >= 0.3 is 0 Å². The minimum Gasteiger partial charge on any atom is -0.342 e. The van der Waals surface area contributed by atoms with E-state index in [9.17, 15) is 0 Å². The Labute approximate surface area is 254 Å². The van der Waals surface area contributed by atoms with Gasteiger partial charge in [0, 0.05) is 63.1 Å². The number of nitrogens with one attached hydrogen (secondary N) is 2. The van der Waals surface area contributed by atoms with Crippen LogP contribution < -0.4 is 15.6 Å². The minimum atomic E-state index is 0.315. The molecular weight excluding hydrogens is 579 g/mol. The van der Waals surface area contributed by atoms with Crippen LogP contribution in [0, 0.1) is 6.92 Å². The van der Waals surface area contributed by atoms with Crippen molar-refractivity contribution >= 4 is 75.5 Å². The van der Waals surface area contributed by atoms with Gasteiger partial charge in [0.15, 0.2) is 0 Å². The van der Waals surface area contributed by atoms with Crippen molar-refractivity contribution < 1.29 is 0 Å². The molecule has 2 heterocycles. The SMILES string of the molecule is CCN(CC)c1nc(N/N=C/c2cn(Cc3ccc(Cl)cc3Cl)c3ccccc23)nc(Nc2ccc(C)c(Cl)c2)n1. The predicted molar refractivity (Wildman–Crippen MR) is 172 cm³/mol. The molecule has 41 heavy (non-hydrogen) atoms. The molecule has 0 saturated carbocycles. The molecule has 0 unspecified atom stereocenters. The molecule has 8 nitrogen and oxygen atoms in total. The normalized spacial score (nSPS) is 11.4. The fourth-order valence-electron chi connectivity index (χ4n) is 4.42. The van der Waals surface area contributed by atoms with Crippen molar-refractivity contribution in [3.8, 4) is 0 Å². The van der Waals surface area contributed by atoms with Gasteiger partial charge in [-0.25, -0.2) is 5.43 Å². The number of hydrogen-bond donors (Lipinski definition) is 2. The van der Waals surface area contributed by atoms with E-state index in [2.05, 4.69) is 61.3 Å². The van der Waals surface area contributed by atoms with E-state index in [1.807, 2.05) is 60.5 Å². The Bertz CT molecular complexity index is 1710. The molecule has 5 rings (SSSR count). The summed E-state index contributed by atoms with van der Waals surface area (Å²) < 4.78 is 2.14. The summed E-state index contributed by atoms with van der Waals surface area (Å²) >= 11 is 18.9. The van der Waals surface area contributed by atoms with E-state index in [1.54, 1.807) is 12.3 Å². The molecule has 2 aromatic heterocycles. The fourth-order valence-corrected chi connectivity index (χ4v) is 5.07. The second-order valence-corrected chi connectivity index (χ2v) is 10.6. The molecule has 0 aliphatic heterocycles. The summed E-state index contributed by atoms with van der Waals surface area (Å²) in [4.78, 5) is 15.8. The van der Waals surface area contributed by atoms with Gasteiger partial charge in [-0.1, -0.05) is 65.1 Å². The number of para-hydroxylation sites is 1. The molecule has 0 radical (unpaired) electrons. The van der Waals surface area contributed by atoms with Crippen molar-refractivity contribution in [2.45, 2.75) is 27.3 Å². The van der Waals surface area contributed by atoms with E-state index in [0.29, 0.717) is 39.5 Å². The summed E-state index contributed by atoms with van der Waals surface area (Å²) in [5, 5.41) is 10.7. The van der Waals surface area contributed by atoms with Gasteiger partial charge in [-0.3, -0.25) is 0 Å². The maximum Gasteiger partial charge on any atom is 0.250 e. The zero-order valence-electron chi connectivity index (χ0n) is 22.9. The molecule has 0 bridgehead atoms. The molecular formula is C30H29Cl3N8. The molecule has 0 amide bonds. The van der Waals surface area contributed by atoms with Crippen LogP contribution in [0.2, 0.25) is 15.1 Å². The van der Waals surface area contributed by atoms with E-state index in [0.717, 1.165) is 46.4 Å². The quantitative estimate of drug-likeness (QED) is 0.123. The lowest BCUT2D eigenvalue weighted by Crippen LogP contribution is -2.25. The third-order valence-electron chi connectivity index (χ3n) is 6.64. The summed E-state index contributed by atoms with van der Waals surface area (Å²) in [6, 6.07) is 19.4. The van der Waals surface area contributed by atoms with E-state index < -0.39 is 0 Å². The van der Waals surface area contributed by atoms with Gasteiger partial charge in [-0.2, -0.15) is 20.1 Å².